The van der Waals surface area contributed by atoms with E-state index in [0.29, 0.717) is 17.2 Å². The Morgan fingerprint density at radius 1 is 1.14 bits per heavy atom. The summed E-state index contributed by atoms with van der Waals surface area (Å²) in [4.78, 5) is 11.0. The molecule has 1 fully saturated rings. The fraction of sp³-hybridized carbons (Fsp3) is 0.353. The molecule has 2 aromatic heterocycles. The van der Waals surface area contributed by atoms with Crippen LogP contribution in [0.1, 0.15) is 0 Å². The molecule has 1 saturated heterocycles. The Hall–Kier alpha value is -2.92. The van der Waals surface area contributed by atoms with Crippen molar-refractivity contribution < 1.29 is 13.2 Å². The van der Waals surface area contributed by atoms with Gasteiger partial charge in [-0.2, -0.15) is 15.1 Å². The maximum absolute atomic E-state index is 11.9. The molecule has 4 rings (SSSR count). The number of ether oxygens (including phenoxy) is 1. The number of aromatic nitrogens is 4. The van der Waals surface area contributed by atoms with E-state index in [1.165, 1.54) is 0 Å². The Balaban J connectivity index is 1.61. The van der Waals surface area contributed by atoms with Crippen LogP contribution >= 0.6 is 0 Å². The van der Waals surface area contributed by atoms with Crippen LogP contribution in [0, 0.1) is 0 Å². The lowest BCUT2D eigenvalue weighted by molar-refractivity contribution is 0.122. The SMILES string of the molecule is CNc1nc(Nc2ccc(N3CCOCC3)cc2)nc2n[nH]c(S(C)(=O)=O)c12. The van der Waals surface area contributed by atoms with Gasteiger partial charge in [0, 0.05) is 37.8 Å². The minimum atomic E-state index is -3.48. The van der Waals surface area contributed by atoms with Gasteiger partial charge in [0.1, 0.15) is 11.2 Å². The number of rotatable bonds is 5. The fourth-order valence-corrected chi connectivity index (χ4v) is 3.88. The number of aromatic amines is 1. The number of hydrogen-bond acceptors (Lipinski definition) is 9. The van der Waals surface area contributed by atoms with E-state index in [-0.39, 0.29) is 10.7 Å². The van der Waals surface area contributed by atoms with Crippen molar-refractivity contribution >= 4 is 44.0 Å². The van der Waals surface area contributed by atoms with E-state index in [1.54, 1.807) is 7.05 Å². The molecule has 0 spiro atoms. The normalized spacial score (nSPS) is 15.0. The Labute approximate surface area is 162 Å². The first-order valence-corrected chi connectivity index (χ1v) is 10.7. The average Bonchev–Trinajstić information content (AvgIpc) is 3.13. The summed E-state index contributed by atoms with van der Waals surface area (Å²) >= 11 is 0. The van der Waals surface area contributed by atoms with E-state index in [9.17, 15) is 8.42 Å². The Morgan fingerprint density at radius 2 is 1.86 bits per heavy atom. The second kappa shape index (κ2) is 7.24. The molecule has 3 heterocycles. The number of H-pyrrole nitrogens is 1. The number of nitrogens with one attached hydrogen (secondary N) is 3. The number of anilines is 4. The van der Waals surface area contributed by atoms with Crippen LogP contribution in [0.4, 0.5) is 23.1 Å². The lowest BCUT2D eigenvalue weighted by Gasteiger charge is -2.28. The molecule has 0 amide bonds. The standard InChI is InChI=1S/C17H21N7O3S/c1-18-14-13-15(22-23-16(13)28(2,25)26)21-17(20-14)19-11-3-5-12(6-4-11)24-7-9-27-10-8-24/h3-6H,7-10H2,1-2H3,(H3,18,19,20,21,22,23). The molecule has 11 heteroatoms. The smallest absolute Gasteiger partial charge is 0.231 e. The molecule has 1 aliphatic rings. The average molecular weight is 403 g/mol. The van der Waals surface area contributed by atoms with Gasteiger partial charge in [0.15, 0.2) is 20.5 Å². The third-order valence-electron chi connectivity index (χ3n) is 4.49. The maximum atomic E-state index is 11.9. The van der Waals surface area contributed by atoms with Gasteiger partial charge < -0.3 is 20.3 Å². The van der Waals surface area contributed by atoms with Gasteiger partial charge in [-0.25, -0.2) is 8.42 Å². The summed E-state index contributed by atoms with van der Waals surface area (Å²) in [6.07, 6.45) is 1.11. The molecular weight excluding hydrogens is 382 g/mol. The summed E-state index contributed by atoms with van der Waals surface area (Å²) in [6, 6.07) is 7.96. The van der Waals surface area contributed by atoms with Crippen molar-refractivity contribution in [2.75, 3.05) is 55.1 Å². The van der Waals surface area contributed by atoms with Crippen LogP contribution in [0.3, 0.4) is 0 Å². The molecule has 3 N–H and O–H groups in total. The number of hydrogen-bond donors (Lipinski definition) is 3. The van der Waals surface area contributed by atoms with Crippen LogP contribution in [0.15, 0.2) is 29.3 Å². The molecule has 0 saturated carbocycles. The predicted molar refractivity (Wildman–Crippen MR) is 107 cm³/mol. The van der Waals surface area contributed by atoms with E-state index >= 15 is 0 Å². The van der Waals surface area contributed by atoms with Gasteiger partial charge >= 0.3 is 0 Å². The summed E-state index contributed by atoms with van der Waals surface area (Å²) in [6.45, 7) is 3.22. The van der Waals surface area contributed by atoms with Crippen molar-refractivity contribution in [1.82, 2.24) is 20.2 Å². The van der Waals surface area contributed by atoms with Gasteiger partial charge in [-0.05, 0) is 24.3 Å². The summed E-state index contributed by atoms with van der Waals surface area (Å²) in [5.74, 6) is 0.703. The molecule has 0 aliphatic carbocycles. The summed E-state index contributed by atoms with van der Waals surface area (Å²) in [5.41, 5.74) is 2.22. The van der Waals surface area contributed by atoms with Gasteiger partial charge in [0.05, 0.1) is 13.2 Å². The largest absolute Gasteiger partial charge is 0.378 e. The molecule has 3 aromatic rings. The molecule has 10 nitrogen and oxygen atoms in total. The first-order chi connectivity index (χ1) is 13.5. The highest BCUT2D eigenvalue weighted by Gasteiger charge is 2.21. The third-order valence-corrected chi connectivity index (χ3v) is 5.52. The highest BCUT2D eigenvalue weighted by molar-refractivity contribution is 7.90. The Kier molecular flexibility index (Phi) is 4.77. The highest BCUT2D eigenvalue weighted by atomic mass is 32.2. The number of fused-ring (bicyclic) bond motifs is 1. The van der Waals surface area contributed by atoms with Gasteiger partial charge in [0.2, 0.25) is 5.95 Å². The summed E-state index contributed by atoms with van der Waals surface area (Å²) < 4.78 is 29.2. The zero-order chi connectivity index (χ0) is 19.7. The number of sulfone groups is 1. The maximum Gasteiger partial charge on any atom is 0.231 e. The van der Waals surface area contributed by atoms with Crippen molar-refractivity contribution in [2.45, 2.75) is 5.03 Å². The minimum Gasteiger partial charge on any atom is -0.378 e. The van der Waals surface area contributed by atoms with E-state index < -0.39 is 9.84 Å². The molecule has 28 heavy (non-hydrogen) atoms. The second-order valence-electron chi connectivity index (χ2n) is 6.44. The van der Waals surface area contributed by atoms with Crippen molar-refractivity contribution in [3.63, 3.8) is 0 Å². The van der Waals surface area contributed by atoms with Gasteiger partial charge in [0.25, 0.3) is 0 Å². The summed E-state index contributed by atoms with van der Waals surface area (Å²) in [5, 5.41) is 12.9. The zero-order valence-corrected chi connectivity index (χ0v) is 16.4. The molecular formula is C17H21N7O3S. The first kappa shape index (κ1) is 18.4. The van der Waals surface area contributed by atoms with Crippen LogP contribution in [-0.2, 0) is 14.6 Å². The lowest BCUT2D eigenvalue weighted by Crippen LogP contribution is -2.36. The molecule has 0 unspecified atom stereocenters. The van der Waals surface area contributed by atoms with Gasteiger partial charge in [-0.15, -0.1) is 0 Å². The minimum absolute atomic E-state index is 0.00624. The van der Waals surface area contributed by atoms with E-state index in [0.717, 1.165) is 43.9 Å². The first-order valence-electron chi connectivity index (χ1n) is 8.79. The second-order valence-corrected chi connectivity index (χ2v) is 8.39. The van der Waals surface area contributed by atoms with Gasteiger partial charge in [-0.1, -0.05) is 0 Å². The topological polar surface area (TPSA) is 125 Å². The van der Waals surface area contributed by atoms with E-state index in [1.807, 2.05) is 24.3 Å². The number of morpholine rings is 1. The molecule has 0 atom stereocenters. The predicted octanol–water partition coefficient (Wildman–Crippen LogP) is 1.38. The third kappa shape index (κ3) is 3.58. The molecule has 1 aromatic carbocycles. The van der Waals surface area contributed by atoms with E-state index in [4.69, 9.17) is 4.74 Å². The zero-order valence-electron chi connectivity index (χ0n) is 15.6. The lowest BCUT2D eigenvalue weighted by atomic mass is 10.2. The number of nitrogens with zero attached hydrogens (tertiary/aromatic N) is 4. The van der Waals surface area contributed by atoms with Crippen molar-refractivity contribution in [3.8, 4) is 0 Å². The van der Waals surface area contributed by atoms with E-state index in [2.05, 4.69) is 35.7 Å². The quantitative estimate of drug-likeness (QED) is 0.579. The van der Waals surface area contributed by atoms with Crippen LogP contribution in [-0.4, -0.2) is 68.2 Å². The molecule has 148 valence electrons. The Bertz CT molecular complexity index is 1090. The molecule has 0 bridgehead atoms. The van der Waals surface area contributed by atoms with Crippen molar-refractivity contribution in [2.24, 2.45) is 0 Å². The molecule has 0 radical (unpaired) electrons. The van der Waals surface area contributed by atoms with Gasteiger partial charge in [-0.3, -0.25) is 5.10 Å². The fourth-order valence-electron chi connectivity index (χ4n) is 3.11. The Morgan fingerprint density at radius 3 is 2.50 bits per heavy atom. The van der Waals surface area contributed by atoms with Crippen LogP contribution < -0.4 is 15.5 Å². The summed E-state index contributed by atoms with van der Waals surface area (Å²) in [7, 11) is -1.81. The number of benzene rings is 1. The van der Waals surface area contributed by atoms with Crippen molar-refractivity contribution in [3.05, 3.63) is 24.3 Å². The van der Waals surface area contributed by atoms with Crippen LogP contribution in [0.2, 0.25) is 0 Å². The molecule has 1 aliphatic heterocycles. The highest BCUT2D eigenvalue weighted by Crippen LogP contribution is 2.28. The van der Waals surface area contributed by atoms with Crippen LogP contribution in [0.25, 0.3) is 11.0 Å². The van der Waals surface area contributed by atoms with Crippen LogP contribution in [0.5, 0.6) is 0 Å². The van der Waals surface area contributed by atoms with Crippen molar-refractivity contribution in [1.29, 1.82) is 0 Å². The monoisotopic (exact) mass is 403 g/mol.